The fourth-order valence-electron chi connectivity index (χ4n) is 4.01. The molecular formula is C26H24N6O5. The van der Waals surface area contributed by atoms with Crippen LogP contribution in [0.4, 0.5) is 11.4 Å². The molecule has 11 nitrogen and oxygen atoms in total. The first-order chi connectivity index (χ1) is 17.9. The SMILES string of the molecule is CN(C(=O)c1cn[nH]c1)c1ccc2c(c1)N(C)C(=O)[C@@H](NC(=O)c1cc(Cc3ccccc3)on1)CO2. The van der Waals surface area contributed by atoms with E-state index in [0.29, 0.717) is 34.9 Å². The molecule has 0 radical (unpaired) electrons. The number of H-pyrrole nitrogens is 1. The fraction of sp³-hybridized carbons (Fsp3) is 0.192. The second kappa shape index (κ2) is 9.97. The lowest BCUT2D eigenvalue weighted by Crippen LogP contribution is -2.49. The van der Waals surface area contributed by atoms with E-state index in [0.717, 1.165) is 5.56 Å². The molecule has 37 heavy (non-hydrogen) atoms. The number of nitrogens with one attached hydrogen (secondary N) is 2. The molecule has 0 fully saturated rings. The highest BCUT2D eigenvalue weighted by molar-refractivity contribution is 6.07. The molecule has 3 heterocycles. The summed E-state index contributed by atoms with van der Waals surface area (Å²) in [6.07, 6.45) is 3.44. The molecule has 1 atom stereocenters. The molecule has 0 aliphatic carbocycles. The van der Waals surface area contributed by atoms with Crippen LogP contribution >= 0.6 is 0 Å². The second-order valence-electron chi connectivity index (χ2n) is 8.58. The van der Waals surface area contributed by atoms with Crippen LogP contribution < -0.4 is 19.9 Å². The highest BCUT2D eigenvalue weighted by Crippen LogP contribution is 2.34. The summed E-state index contributed by atoms with van der Waals surface area (Å²) in [5.41, 5.74) is 2.53. The molecule has 0 spiro atoms. The van der Waals surface area contributed by atoms with Gasteiger partial charge in [-0.15, -0.1) is 0 Å². The van der Waals surface area contributed by atoms with E-state index in [-0.39, 0.29) is 24.1 Å². The summed E-state index contributed by atoms with van der Waals surface area (Å²) in [7, 11) is 3.22. The number of likely N-dealkylation sites (N-methyl/N-ethyl adjacent to an activating group) is 1. The molecule has 1 aliphatic heterocycles. The number of carbonyl (C=O) groups is 3. The molecule has 0 unspecified atom stereocenters. The van der Waals surface area contributed by atoms with E-state index >= 15 is 0 Å². The number of rotatable bonds is 6. The molecule has 1 aliphatic rings. The molecule has 2 aromatic carbocycles. The maximum Gasteiger partial charge on any atom is 0.274 e. The molecule has 5 rings (SSSR count). The Hall–Kier alpha value is -4.93. The minimum absolute atomic E-state index is 0.0697. The Kier molecular flexibility index (Phi) is 6.42. The van der Waals surface area contributed by atoms with Gasteiger partial charge in [-0.05, 0) is 23.8 Å². The van der Waals surface area contributed by atoms with E-state index in [1.165, 1.54) is 22.2 Å². The lowest BCUT2D eigenvalue weighted by atomic mass is 10.1. The Labute approximate surface area is 212 Å². The molecule has 188 valence electrons. The van der Waals surface area contributed by atoms with Gasteiger partial charge in [-0.3, -0.25) is 19.5 Å². The maximum absolute atomic E-state index is 13.2. The van der Waals surface area contributed by atoms with Gasteiger partial charge in [0.25, 0.3) is 17.7 Å². The van der Waals surface area contributed by atoms with E-state index in [9.17, 15) is 14.4 Å². The zero-order valence-electron chi connectivity index (χ0n) is 20.2. The Bertz CT molecular complexity index is 1430. The Balaban J connectivity index is 1.28. The number of fused-ring (bicyclic) bond motifs is 1. The van der Waals surface area contributed by atoms with Crippen molar-refractivity contribution in [2.75, 3.05) is 30.5 Å². The summed E-state index contributed by atoms with van der Waals surface area (Å²) in [5, 5.41) is 13.0. The number of carbonyl (C=O) groups excluding carboxylic acids is 3. The average Bonchev–Trinajstić information content (AvgIpc) is 3.61. The molecule has 0 saturated carbocycles. The number of hydrogen-bond donors (Lipinski definition) is 2. The highest BCUT2D eigenvalue weighted by Gasteiger charge is 2.32. The van der Waals surface area contributed by atoms with Crippen molar-refractivity contribution >= 4 is 29.1 Å². The summed E-state index contributed by atoms with van der Waals surface area (Å²) < 4.78 is 11.2. The van der Waals surface area contributed by atoms with Crippen molar-refractivity contribution in [1.29, 1.82) is 0 Å². The summed E-state index contributed by atoms with van der Waals surface area (Å²) in [5.74, 6) is -0.198. The van der Waals surface area contributed by atoms with Crippen LogP contribution in [0.15, 0.2) is 71.5 Å². The van der Waals surface area contributed by atoms with Crippen molar-refractivity contribution in [3.63, 3.8) is 0 Å². The first-order valence-electron chi connectivity index (χ1n) is 11.5. The van der Waals surface area contributed by atoms with Gasteiger partial charge in [0.1, 0.15) is 24.2 Å². The molecule has 0 saturated heterocycles. The normalized spacial score (nSPS) is 14.9. The van der Waals surface area contributed by atoms with Gasteiger partial charge < -0.3 is 24.4 Å². The van der Waals surface area contributed by atoms with Gasteiger partial charge in [-0.25, -0.2) is 0 Å². The first-order valence-corrected chi connectivity index (χ1v) is 11.5. The van der Waals surface area contributed by atoms with Crippen molar-refractivity contribution in [3.8, 4) is 5.75 Å². The quantitative estimate of drug-likeness (QED) is 0.415. The van der Waals surface area contributed by atoms with Crippen LogP contribution in [-0.4, -0.2) is 59.8 Å². The summed E-state index contributed by atoms with van der Waals surface area (Å²) in [6.45, 7) is -0.0697. The third-order valence-corrected chi connectivity index (χ3v) is 6.09. The van der Waals surface area contributed by atoms with Crippen LogP contribution in [0, 0.1) is 0 Å². The van der Waals surface area contributed by atoms with Gasteiger partial charge in [0.15, 0.2) is 5.69 Å². The predicted molar refractivity (Wildman–Crippen MR) is 134 cm³/mol. The van der Waals surface area contributed by atoms with Crippen LogP contribution in [0.2, 0.25) is 0 Å². The van der Waals surface area contributed by atoms with E-state index in [1.54, 1.807) is 38.4 Å². The molecule has 2 N–H and O–H groups in total. The smallest absolute Gasteiger partial charge is 0.274 e. The van der Waals surface area contributed by atoms with Crippen molar-refractivity contribution < 1.29 is 23.6 Å². The van der Waals surface area contributed by atoms with Crippen LogP contribution in [0.1, 0.15) is 32.2 Å². The van der Waals surface area contributed by atoms with Crippen molar-refractivity contribution in [2.45, 2.75) is 12.5 Å². The third-order valence-electron chi connectivity index (χ3n) is 6.09. The number of hydrogen-bond acceptors (Lipinski definition) is 7. The zero-order valence-corrected chi connectivity index (χ0v) is 20.2. The van der Waals surface area contributed by atoms with Gasteiger partial charge in [0.2, 0.25) is 0 Å². The summed E-state index contributed by atoms with van der Waals surface area (Å²) >= 11 is 0. The minimum Gasteiger partial charge on any atom is -0.489 e. The molecule has 0 bridgehead atoms. The van der Waals surface area contributed by atoms with Crippen molar-refractivity contribution in [2.24, 2.45) is 0 Å². The van der Waals surface area contributed by atoms with E-state index in [4.69, 9.17) is 9.26 Å². The third kappa shape index (κ3) is 4.92. The Morgan fingerprint density at radius 2 is 2.00 bits per heavy atom. The summed E-state index contributed by atoms with van der Waals surface area (Å²) in [4.78, 5) is 41.6. The number of amides is 3. The molecular weight excluding hydrogens is 476 g/mol. The van der Waals surface area contributed by atoms with Gasteiger partial charge in [-0.2, -0.15) is 5.10 Å². The van der Waals surface area contributed by atoms with E-state index < -0.39 is 11.9 Å². The van der Waals surface area contributed by atoms with Crippen molar-refractivity contribution in [3.05, 3.63) is 89.6 Å². The molecule has 2 aromatic heterocycles. The zero-order chi connectivity index (χ0) is 25.9. The lowest BCUT2D eigenvalue weighted by Gasteiger charge is -2.22. The molecule has 11 heteroatoms. The minimum atomic E-state index is -0.951. The molecule has 4 aromatic rings. The van der Waals surface area contributed by atoms with E-state index in [1.807, 2.05) is 30.3 Å². The topological polar surface area (TPSA) is 134 Å². The number of nitrogens with zero attached hydrogens (tertiary/aromatic N) is 4. The molecule has 3 amide bonds. The Morgan fingerprint density at radius 3 is 2.76 bits per heavy atom. The van der Waals surface area contributed by atoms with Crippen LogP contribution in [0.25, 0.3) is 0 Å². The number of aromatic amines is 1. The maximum atomic E-state index is 13.2. The van der Waals surface area contributed by atoms with Crippen molar-refractivity contribution in [1.82, 2.24) is 20.7 Å². The van der Waals surface area contributed by atoms with Crippen LogP contribution in [0.5, 0.6) is 5.75 Å². The fourth-order valence-corrected chi connectivity index (χ4v) is 4.01. The van der Waals surface area contributed by atoms with Crippen LogP contribution in [-0.2, 0) is 11.2 Å². The first kappa shape index (κ1) is 23.8. The standard InChI is InChI=1S/C26H24N6O5/c1-31(25(34)17-13-27-28-14-17)18-8-9-23-22(11-18)32(2)26(35)21(15-36-23)29-24(33)20-12-19(37-30-20)10-16-6-4-3-5-7-16/h3-9,11-14,21H,10,15H2,1-2H3,(H,27,28)(H,29,33)/t21-/m0/s1. The highest BCUT2D eigenvalue weighted by atomic mass is 16.5. The predicted octanol–water partition coefficient (Wildman–Crippen LogP) is 2.42. The lowest BCUT2D eigenvalue weighted by molar-refractivity contribution is -0.120. The number of anilines is 2. The number of ether oxygens (including phenoxy) is 1. The van der Waals surface area contributed by atoms with Gasteiger partial charge in [0, 0.05) is 38.5 Å². The number of aromatic nitrogens is 3. The van der Waals surface area contributed by atoms with Crippen LogP contribution in [0.3, 0.4) is 0 Å². The van der Waals surface area contributed by atoms with Gasteiger partial charge in [0.05, 0.1) is 17.4 Å². The Morgan fingerprint density at radius 1 is 1.19 bits per heavy atom. The summed E-state index contributed by atoms with van der Waals surface area (Å²) in [6, 6.07) is 15.4. The van der Waals surface area contributed by atoms with Gasteiger partial charge in [-0.1, -0.05) is 35.5 Å². The largest absolute Gasteiger partial charge is 0.489 e. The van der Waals surface area contributed by atoms with E-state index in [2.05, 4.69) is 20.7 Å². The monoisotopic (exact) mass is 500 g/mol. The second-order valence-corrected chi connectivity index (χ2v) is 8.58. The average molecular weight is 501 g/mol. The van der Waals surface area contributed by atoms with Gasteiger partial charge >= 0.3 is 0 Å². The number of benzene rings is 2.